The molecule has 10 heavy (non-hydrogen) atoms. The number of alkyl halides is 2. The number of hydrogen-bond acceptors (Lipinski definition) is 1. The molecule has 1 nitrogen and oxygen atoms in total. The monoisotopic (exact) mass is 182 g/mol. The summed E-state index contributed by atoms with van der Waals surface area (Å²) < 4.78 is 0. The topological polar surface area (TPSA) is 17.1 Å². The summed E-state index contributed by atoms with van der Waals surface area (Å²) in [4.78, 5) is 10.4. The molecular formula is C7H12Cl2O. The van der Waals surface area contributed by atoms with Crippen LogP contribution < -0.4 is 0 Å². The van der Waals surface area contributed by atoms with Crippen molar-refractivity contribution < 1.29 is 4.79 Å². The Morgan fingerprint density at radius 1 is 1.50 bits per heavy atom. The van der Waals surface area contributed by atoms with Crippen LogP contribution in [0.2, 0.25) is 0 Å². The van der Waals surface area contributed by atoms with Crippen molar-refractivity contribution >= 4 is 29.5 Å². The lowest BCUT2D eigenvalue weighted by atomic mass is 9.83. The minimum absolute atomic E-state index is 0.0671. The average molecular weight is 183 g/mol. The van der Waals surface area contributed by atoms with E-state index in [9.17, 15) is 4.79 Å². The summed E-state index contributed by atoms with van der Waals surface area (Å²) >= 11 is 11.3. The van der Waals surface area contributed by atoms with Crippen molar-refractivity contribution in [3.8, 4) is 0 Å². The Morgan fingerprint density at radius 2 is 1.90 bits per heavy atom. The summed E-state index contributed by atoms with van der Waals surface area (Å²) in [7, 11) is 0. The quantitative estimate of drug-likeness (QED) is 0.482. The van der Waals surface area contributed by atoms with Crippen molar-refractivity contribution in [2.75, 3.05) is 11.8 Å². The van der Waals surface area contributed by atoms with E-state index < -0.39 is 0 Å². The Bertz CT molecular complexity index is 110. The first-order valence-electron chi connectivity index (χ1n) is 3.18. The first-order chi connectivity index (χ1) is 4.60. The second-order valence-corrected chi connectivity index (χ2v) is 3.38. The molecule has 0 N–H and O–H groups in total. The van der Waals surface area contributed by atoms with E-state index in [-0.39, 0.29) is 11.3 Å². The molecule has 0 rings (SSSR count). The summed E-state index contributed by atoms with van der Waals surface area (Å²) in [5.41, 5.74) is -0.245. The first-order valence-corrected chi connectivity index (χ1v) is 4.25. The van der Waals surface area contributed by atoms with Crippen LogP contribution in [0.3, 0.4) is 0 Å². The van der Waals surface area contributed by atoms with Crippen LogP contribution in [0.1, 0.15) is 13.8 Å². The first kappa shape index (κ1) is 10.2. The minimum atomic E-state index is -0.245. The molecule has 0 aliphatic heterocycles. The highest BCUT2D eigenvalue weighted by Crippen LogP contribution is 2.28. The van der Waals surface area contributed by atoms with E-state index in [0.717, 1.165) is 6.29 Å². The summed E-state index contributed by atoms with van der Waals surface area (Å²) in [5.74, 6) is 0.787. The zero-order valence-corrected chi connectivity index (χ0v) is 7.74. The Hall–Kier alpha value is 0.250. The second-order valence-electron chi connectivity index (χ2n) is 2.85. The zero-order chi connectivity index (χ0) is 8.20. The van der Waals surface area contributed by atoms with E-state index >= 15 is 0 Å². The van der Waals surface area contributed by atoms with Gasteiger partial charge >= 0.3 is 0 Å². The SMILES string of the molecule is CC(C=O)C(C)(CCl)CCl. The van der Waals surface area contributed by atoms with Crippen LogP contribution in [-0.4, -0.2) is 18.0 Å². The van der Waals surface area contributed by atoms with E-state index in [1.54, 1.807) is 0 Å². The molecule has 0 radical (unpaired) electrons. The van der Waals surface area contributed by atoms with Gasteiger partial charge in [0.15, 0.2) is 0 Å². The summed E-state index contributed by atoms with van der Waals surface area (Å²) in [6.07, 6.45) is 0.894. The van der Waals surface area contributed by atoms with Crippen molar-refractivity contribution in [1.29, 1.82) is 0 Å². The van der Waals surface area contributed by atoms with Crippen LogP contribution in [0.25, 0.3) is 0 Å². The van der Waals surface area contributed by atoms with E-state index in [0.29, 0.717) is 11.8 Å². The summed E-state index contributed by atoms with van der Waals surface area (Å²) in [5, 5.41) is 0. The van der Waals surface area contributed by atoms with Gasteiger partial charge in [0.1, 0.15) is 6.29 Å². The molecule has 0 aliphatic rings. The van der Waals surface area contributed by atoms with Gasteiger partial charge < -0.3 is 4.79 Å². The van der Waals surface area contributed by atoms with E-state index in [1.165, 1.54) is 0 Å². The highest BCUT2D eigenvalue weighted by Gasteiger charge is 2.28. The molecule has 0 saturated carbocycles. The summed E-state index contributed by atoms with van der Waals surface area (Å²) in [6.45, 7) is 3.74. The number of aldehydes is 1. The molecule has 1 unspecified atom stereocenters. The largest absolute Gasteiger partial charge is 0.303 e. The van der Waals surface area contributed by atoms with Crippen LogP contribution in [0.5, 0.6) is 0 Å². The van der Waals surface area contributed by atoms with Crippen molar-refractivity contribution in [1.82, 2.24) is 0 Å². The van der Waals surface area contributed by atoms with Gasteiger partial charge in [0.2, 0.25) is 0 Å². The van der Waals surface area contributed by atoms with Gasteiger partial charge in [0.05, 0.1) is 0 Å². The molecule has 0 aromatic rings. The highest BCUT2D eigenvalue weighted by molar-refractivity contribution is 6.21. The second kappa shape index (κ2) is 4.20. The smallest absolute Gasteiger partial charge is 0.123 e. The lowest BCUT2D eigenvalue weighted by Gasteiger charge is -2.27. The predicted molar refractivity (Wildman–Crippen MR) is 44.8 cm³/mol. The Balaban J connectivity index is 4.15. The Morgan fingerprint density at radius 3 is 2.00 bits per heavy atom. The van der Waals surface area contributed by atoms with Gasteiger partial charge in [-0.25, -0.2) is 0 Å². The van der Waals surface area contributed by atoms with Gasteiger partial charge in [-0.1, -0.05) is 13.8 Å². The van der Waals surface area contributed by atoms with Crippen molar-refractivity contribution in [2.24, 2.45) is 11.3 Å². The molecule has 0 aromatic heterocycles. The van der Waals surface area contributed by atoms with Gasteiger partial charge in [-0.3, -0.25) is 0 Å². The van der Waals surface area contributed by atoms with Gasteiger partial charge in [-0.05, 0) is 0 Å². The van der Waals surface area contributed by atoms with Crippen LogP contribution in [-0.2, 0) is 4.79 Å². The van der Waals surface area contributed by atoms with Gasteiger partial charge in [0.25, 0.3) is 0 Å². The number of rotatable bonds is 4. The van der Waals surface area contributed by atoms with Crippen LogP contribution >= 0.6 is 23.2 Å². The lowest BCUT2D eigenvalue weighted by molar-refractivity contribution is -0.113. The van der Waals surface area contributed by atoms with Gasteiger partial charge in [0, 0.05) is 23.1 Å². The molecule has 0 bridgehead atoms. The number of carbonyl (C=O) groups is 1. The van der Waals surface area contributed by atoms with E-state index in [1.807, 2.05) is 13.8 Å². The molecule has 0 spiro atoms. The normalized spacial score (nSPS) is 14.8. The van der Waals surface area contributed by atoms with Crippen molar-refractivity contribution in [2.45, 2.75) is 13.8 Å². The molecule has 0 aromatic carbocycles. The van der Waals surface area contributed by atoms with Crippen LogP contribution in [0, 0.1) is 11.3 Å². The maximum Gasteiger partial charge on any atom is 0.123 e. The standard InChI is InChI=1S/C7H12Cl2O/c1-6(3-10)7(2,4-8)5-9/h3,6H,4-5H2,1-2H3. The predicted octanol–water partition coefficient (Wildman–Crippen LogP) is 2.31. The highest BCUT2D eigenvalue weighted by atomic mass is 35.5. The molecule has 0 saturated heterocycles. The molecular weight excluding hydrogens is 171 g/mol. The third kappa shape index (κ3) is 2.14. The van der Waals surface area contributed by atoms with E-state index in [4.69, 9.17) is 23.2 Å². The minimum Gasteiger partial charge on any atom is -0.303 e. The molecule has 0 amide bonds. The maximum absolute atomic E-state index is 10.4. The maximum atomic E-state index is 10.4. The van der Waals surface area contributed by atoms with Crippen molar-refractivity contribution in [3.63, 3.8) is 0 Å². The molecule has 60 valence electrons. The number of halogens is 2. The fourth-order valence-electron chi connectivity index (χ4n) is 0.443. The number of hydrogen-bond donors (Lipinski definition) is 0. The van der Waals surface area contributed by atoms with E-state index in [2.05, 4.69) is 0 Å². The zero-order valence-electron chi connectivity index (χ0n) is 6.23. The molecule has 0 fully saturated rings. The number of carbonyl (C=O) groups excluding carboxylic acids is 1. The van der Waals surface area contributed by atoms with Gasteiger partial charge in [-0.15, -0.1) is 23.2 Å². The Kier molecular flexibility index (Phi) is 4.30. The fraction of sp³-hybridized carbons (Fsp3) is 0.857. The Labute approximate surface area is 71.7 Å². The molecule has 0 aliphatic carbocycles. The van der Waals surface area contributed by atoms with Gasteiger partial charge in [-0.2, -0.15) is 0 Å². The molecule has 0 heterocycles. The third-order valence-electron chi connectivity index (χ3n) is 1.91. The lowest BCUT2D eigenvalue weighted by Crippen LogP contribution is -2.30. The van der Waals surface area contributed by atoms with Crippen molar-refractivity contribution in [3.05, 3.63) is 0 Å². The average Bonchev–Trinajstić information content (AvgIpc) is 2.01. The van der Waals surface area contributed by atoms with Crippen LogP contribution in [0.15, 0.2) is 0 Å². The third-order valence-corrected chi connectivity index (χ3v) is 3.14. The fourth-order valence-corrected chi connectivity index (χ4v) is 1.22. The summed E-state index contributed by atoms with van der Waals surface area (Å²) in [6, 6.07) is 0. The molecule has 1 atom stereocenters. The molecule has 3 heteroatoms. The van der Waals surface area contributed by atoms with Crippen LogP contribution in [0.4, 0.5) is 0 Å².